The Morgan fingerprint density at radius 2 is 0.324 bits per heavy atom. The van der Waals surface area contributed by atoms with Gasteiger partial charge < -0.3 is 28.4 Å². The van der Waals surface area contributed by atoms with Crippen LogP contribution in [0, 0.1) is 35.5 Å². The van der Waals surface area contributed by atoms with Crippen LogP contribution in [-0.2, 0) is 20.1 Å². The fraction of sp³-hybridized carbons (Fsp3) is 0.356. The van der Waals surface area contributed by atoms with Crippen molar-refractivity contribution in [3.8, 4) is 168 Å². The van der Waals surface area contributed by atoms with E-state index in [1.807, 2.05) is 55.0 Å². The van der Waals surface area contributed by atoms with E-state index in [4.69, 9.17) is 28.4 Å². The van der Waals surface area contributed by atoms with Crippen LogP contribution in [0.5, 0.6) is 34.5 Å². The first kappa shape index (κ1) is 111. The summed E-state index contributed by atoms with van der Waals surface area (Å²) in [6.07, 6.45) is 34.8. The van der Waals surface area contributed by atoms with E-state index in [2.05, 4.69) is 389 Å². The van der Waals surface area contributed by atoms with Gasteiger partial charge in [-0.15, -0.1) is 0 Å². The van der Waals surface area contributed by atoms with Crippen LogP contribution >= 0.6 is 0 Å². The van der Waals surface area contributed by atoms with Crippen molar-refractivity contribution in [2.45, 2.75) is 237 Å². The Morgan fingerprint density at radius 3 is 0.476 bits per heavy atom. The molecule has 145 heavy (non-hydrogen) atoms. The van der Waals surface area contributed by atoms with Crippen LogP contribution in [0.25, 0.3) is 134 Å². The molecule has 0 aliphatic carbocycles. The number of aromatic nitrogens is 3. The minimum Gasteiger partial charge on any atom is -0.493 e. The molecule has 0 aliphatic heterocycles. The Hall–Kier alpha value is -12.5. The summed E-state index contributed by atoms with van der Waals surface area (Å²) in [6, 6.07) is 117. The molecule has 0 saturated carbocycles. The fourth-order valence-electron chi connectivity index (χ4n) is 18.7. The molecule has 6 atom stereocenters. The van der Waals surface area contributed by atoms with Crippen molar-refractivity contribution in [3.05, 3.63) is 346 Å². The second-order valence-electron chi connectivity index (χ2n) is 39.3. The smallest absolute Gasteiger partial charge is 0.493 e. The van der Waals surface area contributed by atoms with E-state index in [0.29, 0.717) is 35.5 Å². The van der Waals surface area contributed by atoms with Gasteiger partial charge in [-0.2, -0.15) is 0 Å². The molecule has 12 aromatic carbocycles. The molecule has 0 radical (unpaired) electrons. The molecular weight excluding hydrogens is 1950 g/mol. The molecule has 756 valence electrons. The van der Waals surface area contributed by atoms with Gasteiger partial charge in [0.1, 0.15) is 34.5 Å². The Balaban J connectivity index is 0.000000193. The van der Waals surface area contributed by atoms with Gasteiger partial charge in [-0.25, -0.2) is 0 Å². The van der Waals surface area contributed by atoms with Gasteiger partial charge in [-0.1, -0.05) is 344 Å². The molecule has 0 N–H and O–H groups in total. The van der Waals surface area contributed by atoms with E-state index in [0.717, 1.165) is 163 Å². The number of nitrogens with zero attached hydrogens (tertiary/aromatic N) is 3. The number of unbranched alkanes of at least 4 members (excludes halogenated alkanes) is 6. The van der Waals surface area contributed by atoms with E-state index in [1.165, 1.54) is 199 Å². The molecule has 15 aromatic rings. The predicted octanol–water partition coefficient (Wildman–Crippen LogP) is 38.8. The van der Waals surface area contributed by atoms with Gasteiger partial charge in [0.15, 0.2) is 0 Å². The zero-order valence-electron chi connectivity index (χ0n) is 88.7. The first-order valence-corrected chi connectivity index (χ1v) is 54.7. The summed E-state index contributed by atoms with van der Waals surface area (Å²) in [5, 5.41) is 0. The zero-order chi connectivity index (χ0) is 101. The van der Waals surface area contributed by atoms with Crippen molar-refractivity contribution in [2.75, 3.05) is 39.6 Å². The maximum Gasteiger partial charge on any atom is 3.00 e. The average molecular weight is 2110 g/mol. The number of rotatable bonds is 54. The maximum atomic E-state index is 6.24. The number of hydrogen-bond acceptors (Lipinski definition) is 9. The Kier molecular flexibility index (Phi) is 46.9. The topological polar surface area (TPSA) is 94.1 Å². The molecule has 0 saturated heterocycles. The van der Waals surface area contributed by atoms with E-state index < -0.39 is 0 Å². The monoisotopic (exact) mass is 2110 g/mol. The van der Waals surface area contributed by atoms with Crippen molar-refractivity contribution in [1.29, 1.82) is 0 Å². The van der Waals surface area contributed by atoms with E-state index in [-0.39, 0.29) is 20.1 Å². The van der Waals surface area contributed by atoms with Gasteiger partial charge in [0.25, 0.3) is 0 Å². The summed E-state index contributed by atoms with van der Waals surface area (Å²) >= 11 is 0. The second kappa shape index (κ2) is 61.1. The molecule has 6 unspecified atom stereocenters. The summed E-state index contributed by atoms with van der Waals surface area (Å²) in [5.74, 6) is 9.25. The Morgan fingerprint density at radius 1 is 0.166 bits per heavy atom. The van der Waals surface area contributed by atoms with Crippen LogP contribution in [-0.4, -0.2) is 54.6 Å². The van der Waals surface area contributed by atoms with E-state index >= 15 is 0 Å². The van der Waals surface area contributed by atoms with Crippen LogP contribution in [0.2, 0.25) is 0 Å². The van der Waals surface area contributed by atoms with E-state index in [1.54, 1.807) is 0 Å². The van der Waals surface area contributed by atoms with Crippen molar-refractivity contribution in [1.82, 2.24) is 15.0 Å². The number of pyridine rings is 3. The summed E-state index contributed by atoms with van der Waals surface area (Å²) in [4.78, 5) is 13.8. The molecule has 0 fully saturated rings. The molecule has 0 bridgehead atoms. The molecular formula is C135H159IrN3O6+3. The zero-order valence-corrected chi connectivity index (χ0v) is 91.1. The Bertz CT molecular complexity index is 5350. The molecule has 3 heterocycles. The summed E-state index contributed by atoms with van der Waals surface area (Å²) in [5.41, 5.74) is 27.3. The molecule has 0 spiro atoms. The molecule has 9 nitrogen and oxygen atoms in total. The minimum absolute atomic E-state index is 0. The summed E-state index contributed by atoms with van der Waals surface area (Å²) in [7, 11) is 0. The largest absolute Gasteiger partial charge is 3.00 e. The second-order valence-corrected chi connectivity index (χ2v) is 39.3. The normalized spacial score (nSPS) is 12.3. The van der Waals surface area contributed by atoms with Crippen molar-refractivity contribution in [3.63, 3.8) is 0 Å². The van der Waals surface area contributed by atoms with Gasteiger partial charge in [0.2, 0.25) is 0 Å². The minimum atomic E-state index is 0. The van der Waals surface area contributed by atoms with Gasteiger partial charge in [0, 0.05) is 35.3 Å². The number of hydrogen-bond donors (Lipinski definition) is 0. The van der Waals surface area contributed by atoms with Crippen molar-refractivity contribution >= 4 is 0 Å². The average Bonchev–Trinajstić information content (AvgIpc) is 0.798. The molecule has 0 amide bonds. The van der Waals surface area contributed by atoms with Gasteiger partial charge in [0.05, 0.1) is 56.7 Å². The molecule has 0 aliphatic rings. The van der Waals surface area contributed by atoms with Gasteiger partial charge in [-0.05, 0) is 356 Å². The predicted molar refractivity (Wildman–Crippen MR) is 611 cm³/mol. The Labute approximate surface area is 884 Å². The van der Waals surface area contributed by atoms with Gasteiger partial charge in [-0.3, -0.25) is 15.0 Å². The van der Waals surface area contributed by atoms with Crippen LogP contribution in [0.15, 0.2) is 346 Å². The third kappa shape index (κ3) is 34.9. The van der Waals surface area contributed by atoms with Crippen LogP contribution in [0.1, 0.15) is 237 Å². The van der Waals surface area contributed by atoms with Crippen LogP contribution < -0.4 is 28.4 Å². The molecule has 10 heteroatoms. The summed E-state index contributed by atoms with van der Waals surface area (Å²) in [6.45, 7) is 31.8. The van der Waals surface area contributed by atoms with E-state index in [9.17, 15) is 0 Å². The maximum absolute atomic E-state index is 6.24. The quantitative estimate of drug-likeness (QED) is 0.0369. The van der Waals surface area contributed by atoms with Gasteiger partial charge >= 0.3 is 20.1 Å². The SMILES string of the molecule is CCCCC(CC)COc1ccc(-c2cc(-c3ccc(OCC(CC)CCCC)cc3)cc(-c3cccc(-c4ccccn4)c3)c2)cc1.CCCCC(CC)COc1ccc(-c2cc(-c3ccc(OCC(CC)CCCC)cc3)cc(-c3cccc(-c4ccccn4)c3)c2)cc1.CCCCC(CC)COc1ccc(-c2cc(-c3ccc(OCC(CC)CCCC)cc3)cc(-c3cccc(-c4ccccn4)c3)c2)cc1.[Ir+3]. The third-order valence-corrected chi connectivity index (χ3v) is 28.6. The molecule has 15 rings (SSSR count). The molecule has 3 aromatic heterocycles. The van der Waals surface area contributed by atoms with Crippen LogP contribution in [0.3, 0.4) is 0 Å². The summed E-state index contributed by atoms with van der Waals surface area (Å²) < 4.78 is 37.5. The first-order valence-electron chi connectivity index (χ1n) is 54.7. The third-order valence-electron chi connectivity index (χ3n) is 28.6. The fourth-order valence-corrected chi connectivity index (χ4v) is 18.7. The van der Waals surface area contributed by atoms with Crippen molar-refractivity contribution < 1.29 is 48.5 Å². The first-order chi connectivity index (χ1) is 70.8. The van der Waals surface area contributed by atoms with Crippen molar-refractivity contribution in [2.24, 2.45) is 35.5 Å². The number of ether oxygens (including phenoxy) is 6. The van der Waals surface area contributed by atoms with Crippen LogP contribution in [0.4, 0.5) is 0 Å². The standard InChI is InChI=1S/3C45H53NO2.Ir/c3*1-5-9-14-34(7-3)32-47-43-23-19-36(20-24-43)40-29-41(37-21-25-44(26-22-37)48-33-35(8-4)15-10-6-2)31-42(30-40)38-16-13-17-39(28-38)45-18-11-12-27-46-45;/h3*11-13,16-31,34-35H,5-10,14-15,32-33H2,1-4H3;/q;;;+3. The number of benzene rings is 12.